The summed E-state index contributed by atoms with van der Waals surface area (Å²) in [6.07, 6.45) is 0. The molecule has 0 rings (SSSR count). The summed E-state index contributed by atoms with van der Waals surface area (Å²) in [5.74, 6) is 0. The number of hydrogen-bond acceptors (Lipinski definition) is 1. The van der Waals surface area contributed by atoms with Gasteiger partial charge in [0.25, 0.3) is 0 Å². The zero-order valence-corrected chi connectivity index (χ0v) is 7.66. The van der Waals surface area contributed by atoms with Gasteiger partial charge in [0.05, 0.1) is 0 Å². The summed E-state index contributed by atoms with van der Waals surface area (Å²) >= 11 is 2.62. The third kappa shape index (κ3) is 55.3. The Kier molecular flexibility index (Phi) is 884. The maximum atomic E-state index is 7.88. The fourth-order valence-electron chi connectivity index (χ4n) is 0. The molecule has 3 nitrogen and oxygen atoms in total. The first-order valence-electron chi connectivity index (χ1n) is 0.129. The molecule has 38 valence electrons. The van der Waals surface area contributed by atoms with Crippen molar-refractivity contribution >= 4 is 0 Å². The summed E-state index contributed by atoms with van der Waals surface area (Å²) in [6, 6.07) is 0. The predicted molar refractivity (Wildman–Crippen MR) is 2.06 cm³/mol. The maximum Gasteiger partial charge on any atom is 2.00 e. The van der Waals surface area contributed by atoms with E-state index in [1.165, 1.54) is 0 Å². The minimum atomic E-state index is 0. The van der Waals surface area contributed by atoms with Crippen LogP contribution in [0.4, 0.5) is 0 Å². The predicted octanol–water partition coefficient (Wildman–Crippen LogP) is -0.364. The second kappa shape index (κ2) is 99.1. The van der Waals surface area contributed by atoms with Gasteiger partial charge in [-0.25, -0.2) is 0 Å². The van der Waals surface area contributed by atoms with Gasteiger partial charge in [0, 0.05) is 0 Å². The van der Waals surface area contributed by atoms with E-state index in [4.69, 9.17) is 3.90 Å². The van der Waals surface area contributed by atoms with Crippen LogP contribution < -0.4 is 0 Å². The van der Waals surface area contributed by atoms with Crippen molar-refractivity contribution in [2.24, 2.45) is 0 Å². The Morgan fingerprint density at radius 1 is 1.00 bits per heavy atom. The molecule has 0 unspecified atom stereocenters. The topological polar surface area (TPSA) is 74.1 Å². The average molecular weight is 228 g/mol. The second-order valence-corrected chi connectivity index (χ2v) is 0. The largest absolute Gasteiger partial charge is 2.00 e. The van der Waals surface area contributed by atoms with Crippen molar-refractivity contribution in [2.75, 3.05) is 0 Å². The molecule has 6 heteroatoms. The third-order valence-electron chi connectivity index (χ3n) is 0. The molecule has 6 heavy (non-hydrogen) atoms. The fraction of sp³-hybridized carbons (Fsp3) is 0. The first kappa shape index (κ1) is 53.5. The van der Waals surface area contributed by atoms with Crippen LogP contribution in [0.15, 0.2) is 0 Å². The molecule has 0 aliphatic heterocycles. The van der Waals surface area contributed by atoms with Gasteiger partial charge in [-0.3, -0.25) is 0 Å². The summed E-state index contributed by atoms with van der Waals surface area (Å²) in [5.41, 5.74) is 0. The van der Waals surface area contributed by atoms with Gasteiger partial charge in [0.2, 0.25) is 0 Å². The Balaban J connectivity index is -0.000000000833. The minimum absolute atomic E-state index is 0. The molecule has 0 amide bonds. The van der Waals surface area contributed by atoms with E-state index in [0.717, 1.165) is 0 Å². The molecule has 0 aromatic carbocycles. The molecular weight excluding hydrogens is 228 g/mol. The molecule has 0 aromatic rings. The van der Waals surface area contributed by atoms with Gasteiger partial charge in [0.1, 0.15) is 0 Å². The molecule has 0 aliphatic rings. The van der Waals surface area contributed by atoms with E-state index >= 15 is 0 Å². The molecule has 0 N–H and O–H groups in total. The average Bonchev–Trinajstić information content (AvgIpc) is 1.00. The van der Waals surface area contributed by atoms with Crippen molar-refractivity contribution in [3.8, 4) is 0 Å². The van der Waals surface area contributed by atoms with Gasteiger partial charge in [-0.15, -0.1) is 0 Å². The van der Waals surface area contributed by atoms with Crippen LogP contribution in [0.5, 0.6) is 0 Å². The SMILES string of the molecule is [Fe+2].[O-2].[O-2].[O]=[Ni].[Zn+2]. The molecular formula is FeNiO3Zn. The molecule has 0 radical (unpaired) electrons. The monoisotopic (exact) mass is 226 g/mol. The molecule has 0 spiro atoms. The van der Waals surface area contributed by atoms with Gasteiger partial charge < -0.3 is 11.0 Å². The molecule has 0 aliphatic carbocycles. The first-order valence-corrected chi connectivity index (χ1v) is 0.532. The van der Waals surface area contributed by atoms with Gasteiger partial charge in [-0.2, -0.15) is 0 Å². The van der Waals surface area contributed by atoms with Gasteiger partial charge in [-0.1, -0.05) is 0 Å². The maximum absolute atomic E-state index is 7.88. The molecule has 0 atom stereocenters. The normalized spacial score (nSPS) is 1.00. The Morgan fingerprint density at radius 3 is 1.00 bits per heavy atom. The summed E-state index contributed by atoms with van der Waals surface area (Å²) in [7, 11) is 0. The molecule has 0 heterocycles. The zero-order chi connectivity index (χ0) is 2.00. The summed E-state index contributed by atoms with van der Waals surface area (Å²) in [4.78, 5) is 0. The Hall–Kier alpha value is 1.36. The number of hydrogen-bond donors (Lipinski definition) is 0. The van der Waals surface area contributed by atoms with Crippen LogP contribution in [-0.4, -0.2) is 0 Å². The van der Waals surface area contributed by atoms with Crippen LogP contribution in [0.3, 0.4) is 0 Å². The Morgan fingerprint density at radius 2 is 1.00 bits per heavy atom. The van der Waals surface area contributed by atoms with Crippen molar-refractivity contribution < 1.29 is 66.8 Å². The van der Waals surface area contributed by atoms with Gasteiger partial charge in [-0.05, 0) is 0 Å². The first-order chi connectivity index (χ1) is 1.00. The van der Waals surface area contributed by atoms with Crippen LogP contribution in [0, 0.1) is 0 Å². The van der Waals surface area contributed by atoms with Gasteiger partial charge >= 0.3 is 55.8 Å². The molecule has 0 aromatic heterocycles. The van der Waals surface area contributed by atoms with Crippen molar-refractivity contribution in [2.45, 2.75) is 0 Å². The van der Waals surface area contributed by atoms with E-state index < -0.39 is 0 Å². The standard InChI is InChI=1S/Fe.Ni.3O.Zn/q+2;;;2*-2;+2. The second-order valence-electron chi connectivity index (χ2n) is 0. The van der Waals surface area contributed by atoms with E-state index in [2.05, 4.69) is 15.4 Å². The fourth-order valence-corrected chi connectivity index (χ4v) is 0. The summed E-state index contributed by atoms with van der Waals surface area (Å²) in [6.45, 7) is 0. The van der Waals surface area contributed by atoms with Gasteiger partial charge in [0.15, 0.2) is 0 Å². The van der Waals surface area contributed by atoms with Crippen LogP contribution in [0.1, 0.15) is 0 Å². The smallest absolute Gasteiger partial charge is 2.00 e. The van der Waals surface area contributed by atoms with Crippen LogP contribution >= 0.6 is 0 Å². The summed E-state index contributed by atoms with van der Waals surface area (Å²) < 4.78 is 7.88. The third-order valence-corrected chi connectivity index (χ3v) is 0. The minimum Gasteiger partial charge on any atom is 2.00 e. The van der Waals surface area contributed by atoms with Crippen LogP contribution in [-0.2, 0) is 66.8 Å². The Bertz CT molecular complexity index is 10.8. The van der Waals surface area contributed by atoms with Crippen LogP contribution in [0.2, 0.25) is 0 Å². The van der Waals surface area contributed by atoms with Crippen molar-refractivity contribution in [1.29, 1.82) is 0 Å². The van der Waals surface area contributed by atoms with Crippen molar-refractivity contribution in [3.05, 3.63) is 0 Å². The van der Waals surface area contributed by atoms with E-state index in [1.54, 1.807) is 0 Å². The molecule has 0 bridgehead atoms. The molecule has 0 fully saturated rings. The van der Waals surface area contributed by atoms with E-state index in [-0.39, 0.29) is 47.5 Å². The number of rotatable bonds is 0. The van der Waals surface area contributed by atoms with E-state index in [9.17, 15) is 0 Å². The Labute approximate surface area is 66.7 Å². The van der Waals surface area contributed by atoms with Crippen molar-refractivity contribution in [1.82, 2.24) is 0 Å². The summed E-state index contributed by atoms with van der Waals surface area (Å²) in [5, 5.41) is 0. The van der Waals surface area contributed by atoms with E-state index in [0.29, 0.717) is 0 Å². The van der Waals surface area contributed by atoms with Crippen molar-refractivity contribution in [3.63, 3.8) is 0 Å². The molecule has 0 saturated heterocycles. The molecule has 0 saturated carbocycles. The van der Waals surface area contributed by atoms with E-state index in [1.807, 2.05) is 0 Å². The van der Waals surface area contributed by atoms with Crippen LogP contribution in [0.25, 0.3) is 0 Å². The zero-order valence-electron chi connectivity index (χ0n) is 2.60. The quantitative estimate of drug-likeness (QED) is 0.521.